The highest BCUT2D eigenvalue weighted by molar-refractivity contribution is 5.94. The topological polar surface area (TPSA) is 95.5 Å². The van der Waals surface area contributed by atoms with Gasteiger partial charge in [-0.1, -0.05) is 6.07 Å². The van der Waals surface area contributed by atoms with Crippen molar-refractivity contribution in [2.24, 2.45) is 17.3 Å². The maximum absolute atomic E-state index is 14.4. The van der Waals surface area contributed by atoms with E-state index in [1.54, 1.807) is 44.6 Å². The minimum atomic E-state index is -0.608. The first-order valence-electron chi connectivity index (χ1n) is 10.7. The molecule has 8 nitrogen and oxygen atoms in total. The lowest BCUT2D eigenvalue weighted by Gasteiger charge is -2.28. The van der Waals surface area contributed by atoms with Crippen molar-refractivity contribution in [3.05, 3.63) is 65.8 Å². The van der Waals surface area contributed by atoms with Crippen molar-refractivity contribution >= 4 is 11.7 Å². The number of pyridine rings is 1. The molecule has 3 atom stereocenters. The monoisotopic (exact) mass is 454 g/mol. The van der Waals surface area contributed by atoms with E-state index >= 15 is 0 Å². The molecule has 1 unspecified atom stereocenters. The summed E-state index contributed by atoms with van der Waals surface area (Å²) in [5, 5.41) is 2.86. The molecule has 0 aliphatic heterocycles. The molecule has 1 saturated carbocycles. The molecule has 1 N–H and O–H groups in total. The van der Waals surface area contributed by atoms with E-state index in [1.807, 2.05) is 6.08 Å². The smallest absolute Gasteiger partial charge is 0.229 e. The maximum atomic E-state index is 14.4. The number of nitrogens with one attached hydrogen (secondary N) is 1. The number of amides is 1. The molecule has 0 radical (unpaired) electrons. The van der Waals surface area contributed by atoms with Crippen LogP contribution in [-0.4, -0.2) is 41.7 Å². The number of nitrogens with zero attached hydrogens (tertiary/aromatic N) is 3. The van der Waals surface area contributed by atoms with Gasteiger partial charge in [0.05, 0.1) is 26.5 Å². The van der Waals surface area contributed by atoms with E-state index < -0.39 is 5.41 Å². The average molecular weight is 455 g/mol. The Morgan fingerprint density at radius 2 is 2.15 bits per heavy atom. The van der Waals surface area contributed by atoms with E-state index in [0.717, 1.165) is 0 Å². The number of allylic oxidation sites excluding steroid dienone is 3. The summed E-state index contributed by atoms with van der Waals surface area (Å²) in [6.07, 6.45) is 7.20. The number of aryl methyl sites for hydroxylation is 1. The summed E-state index contributed by atoms with van der Waals surface area (Å²) in [7, 11) is 3.08. The van der Waals surface area contributed by atoms with Crippen molar-refractivity contribution in [1.82, 2.24) is 15.0 Å². The van der Waals surface area contributed by atoms with Gasteiger partial charge in [-0.05, 0) is 37.5 Å². The molecule has 0 bridgehead atoms. The van der Waals surface area contributed by atoms with E-state index in [9.17, 15) is 9.18 Å². The minimum absolute atomic E-state index is 0.170. The standard InChI is InChI=1S/C24H27FN4O4/c1-15-27-12-21(20(28-15)13-31-2)33-14-24(16-8-17(25)10-18(9-16)32-3)11-19(24)23(30)29-22-6-4-5-7-26-22/h4-7,9-10,12,16,19H,8,11,13-14H2,1-3H3,(H,26,29,30)/t16?,19-,24+/m0/s1. The number of carbonyl (C=O) groups excluding carboxylic acids is 1. The highest BCUT2D eigenvalue weighted by atomic mass is 19.1. The van der Waals surface area contributed by atoms with Gasteiger partial charge in [0.25, 0.3) is 0 Å². The molecule has 2 heterocycles. The summed E-state index contributed by atoms with van der Waals surface area (Å²) < 4.78 is 31.1. The Hall–Kier alpha value is -3.33. The van der Waals surface area contributed by atoms with Crippen molar-refractivity contribution in [2.45, 2.75) is 26.4 Å². The summed E-state index contributed by atoms with van der Waals surface area (Å²) in [5.74, 6) is 0.913. The minimum Gasteiger partial charge on any atom is -0.497 e. The zero-order valence-corrected chi connectivity index (χ0v) is 18.9. The first-order chi connectivity index (χ1) is 15.9. The van der Waals surface area contributed by atoms with Gasteiger partial charge in [-0.15, -0.1) is 0 Å². The van der Waals surface area contributed by atoms with E-state index in [2.05, 4.69) is 20.3 Å². The van der Waals surface area contributed by atoms with Crippen molar-refractivity contribution in [3.8, 4) is 5.75 Å². The normalized spacial score (nSPS) is 23.9. The molecule has 4 rings (SSSR count). The molecule has 2 aliphatic carbocycles. The summed E-state index contributed by atoms with van der Waals surface area (Å²) in [6, 6.07) is 5.31. The summed E-state index contributed by atoms with van der Waals surface area (Å²) >= 11 is 0. The van der Waals surface area contributed by atoms with Gasteiger partial charge in [0.15, 0.2) is 5.75 Å². The number of aromatic nitrogens is 3. The van der Waals surface area contributed by atoms with Crippen LogP contribution in [0.3, 0.4) is 0 Å². The van der Waals surface area contributed by atoms with Gasteiger partial charge >= 0.3 is 0 Å². The zero-order valence-electron chi connectivity index (χ0n) is 18.9. The molecule has 0 saturated heterocycles. The number of methoxy groups -OCH3 is 2. The summed E-state index contributed by atoms with van der Waals surface area (Å²) in [4.78, 5) is 25.9. The van der Waals surface area contributed by atoms with Crippen LogP contribution in [0.5, 0.6) is 5.75 Å². The fourth-order valence-electron chi connectivity index (χ4n) is 4.30. The van der Waals surface area contributed by atoms with Gasteiger partial charge < -0.3 is 19.5 Å². The van der Waals surface area contributed by atoms with E-state index in [0.29, 0.717) is 35.3 Å². The second-order valence-electron chi connectivity index (χ2n) is 8.32. The molecule has 0 aromatic carbocycles. The Balaban J connectivity index is 1.58. The summed E-state index contributed by atoms with van der Waals surface area (Å²) in [5.41, 5.74) is 0.0156. The lowest BCUT2D eigenvalue weighted by Crippen LogP contribution is -2.30. The highest BCUT2D eigenvalue weighted by Gasteiger charge is 2.63. The molecule has 2 aliphatic rings. The number of halogens is 1. The molecule has 0 spiro atoms. The Kier molecular flexibility index (Phi) is 6.69. The van der Waals surface area contributed by atoms with Gasteiger partial charge in [0.1, 0.15) is 28.9 Å². The third-order valence-electron chi connectivity index (χ3n) is 6.13. The van der Waals surface area contributed by atoms with Crippen LogP contribution in [0.1, 0.15) is 24.4 Å². The molecule has 1 fully saturated rings. The van der Waals surface area contributed by atoms with Gasteiger partial charge in [-0.3, -0.25) is 4.79 Å². The van der Waals surface area contributed by atoms with Gasteiger partial charge in [-0.2, -0.15) is 0 Å². The number of ether oxygens (including phenoxy) is 3. The Bertz CT molecular complexity index is 1080. The van der Waals surface area contributed by atoms with Crippen molar-refractivity contribution in [1.29, 1.82) is 0 Å². The SMILES string of the molecule is COCc1nc(C)ncc1OC[C@@]1(C2C=C(OC)C=C(F)C2)C[C@H]1C(=O)Nc1ccccn1. The summed E-state index contributed by atoms with van der Waals surface area (Å²) in [6.45, 7) is 2.25. The largest absolute Gasteiger partial charge is 0.497 e. The van der Waals surface area contributed by atoms with Gasteiger partial charge in [-0.25, -0.2) is 19.3 Å². The quantitative estimate of drug-likeness (QED) is 0.616. The number of hydrogen-bond acceptors (Lipinski definition) is 7. The fourth-order valence-corrected chi connectivity index (χ4v) is 4.30. The maximum Gasteiger partial charge on any atom is 0.229 e. The second kappa shape index (κ2) is 9.66. The van der Waals surface area contributed by atoms with Crippen LogP contribution in [0.15, 0.2) is 54.3 Å². The van der Waals surface area contributed by atoms with Gasteiger partial charge in [0, 0.05) is 37.1 Å². The van der Waals surface area contributed by atoms with Crippen LogP contribution in [0.25, 0.3) is 0 Å². The fraction of sp³-hybridized carbons (Fsp3) is 0.417. The Morgan fingerprint density at radius 3 is 2.88 bits per heavy atom. The first-order valence-corrected chi connectivity index (χ1v) is 10.7. The van der Waals surface area contributed by atoms with Crippen molar-refractivity contribution in [2.75, 3.05) is 26.1 Å². The van der Waals surface area contributed by atoms with Crippen molar-refractivity contribution in [3.63, 3.8) is 0 Å². The lowest BCUT2D eigenvalue weighted by molar-refractivity contribution is -0.118. The molecule has 33 heavy (non-hydrogen) atoms. The first kappa shape index (κ1) is 22.8. The molecule has 1 amide bonds. The highest BCUT2D eigenvalue weighted by Crippen LogP contribution is 2.61. The van der Waals surface area contributed by atoms with Crippen LogP contribution in [-0.2, 0) is 20.9 Å². The number of carbonyl (C=O) groups is 1. The lowest BCUT2D eigenvalue weighted by atomic mass is 9.81. The van der Waals surface area contributed by atoms with Gasteiger partial charge in [0.2, 0.25) is 5.91 Å². The molecule has 9 heteroatoms. The van der Waals surface area contributed by atoms with Crippen LogP contribution in [0.4, 0.5) is 10.2 Å². The predicted octanol–water partition coefficient (Wildman–Crippen LogP) is 3.75. The van der Waals surface area contributed by atoms with E-state index in [4.69, 9.17) is 14.2 Å². The average Bonchev–Trinajstić information content (AvgIpc) is 3.55. The third kappa shape index (κ3) is 5.03. The van der Waals surface area contributed by atoms with Crippen LogP contribution in [0, 0.1) is 24.2 Å². The molecular weight excluding hydrogens is 427 g/mol. The number of anilines is 1. The Morgan fingerprint density at radius 1 is 1.30 bits per heavy atom. The van der Waals surface area contributed by atoms with Crippen LogP contribution >= 0.6 is 0 Å². The predicted molar refractivity (Wildman–Crippen MR) is 119 cm³/mol. The Labute approximate surface area is 191 Å². The molecular formula is C24H27FN4O4. The van der Waals surface area contributed by atoms with Crippen LogP contribution in [0.2, 0.25) is 0 Å². The third-order valence-corrected chi connectivity index (χ3v) is 6.13. The second-order valence-corrected chi connectivity index (χ2v) is 8.32. The number of hydrogen-bond donors (Lipinski definition) is 1. The van der Waals surface area contributed by atoms with Crippen LogP contribution < -0.4 is 10.1 Å². The molecule has 2 aromatic heterocycles. The van der Waals surface area contributed by atoms with E-state index in [1.165, 1.54) is 13.2 Å². The number of rotatable bonds is 9. The van der Waals surface area contributed by atoms with Crippen molar-refractivity contribution < 1.29 is 23.4 Å². The molecule has 2 aromatic rings. The van der Waals surface area contributed by atoms with E-state index in [-0.39, 0.29) is 43.2 Å². The zero-order chi connectivity index (χ0) is 23.4. The molecule has 174 valence electrons.